The van der Waals surface area contributed by atoms with Crippen molar-refractivity contribution in [2.45, 2.75) is 25.3 Å². The van der Waals surface area contributed by atoms with E-state index in [0.29, 0.717) is 15.2 Å². The number of hydrogen-bond acceptors (Lipinski definition) is 2. The summed E-state index contributed by atoms with van der Waals surface area (Å²) in [7, 11) is 0. The molecule has 8 heteroatoms. The number of carbonyl (C=O) groups is 2. The Morgan fingerprint density at radius 1 is 1.33 bits per heavy atom. The number of carboxylic acids is 1. The van der Waals surface area contributed by atoms with E-state index in [1.807, 2.05) is 0 Å². The fraction of sp³-hybridized carbons (Fsp3) is 0.385. The van der Waals surface area contributed by atoms with Crippen LogP contribution in [0.1, 0.15) is 19.3 Å². The molecule has 0 radical (unpaired) electrons. The van der Waals surface area contributed by atoms with Gasteiger partial charge in [0.2, 0.25) is 0 Å². The van der Waals surface area contributed by atoms with Gasteiger partial charge < -0.3 is 15.3 Å². The number of halogens is 3. The Morgan fingerprint density at radius 3 is 2.57 bits per heavy atom. The van der Waals surface area contributed by atoms with Crippen LogP contribution in [0.3, 0.4) is 0 Å². The molecule has 21 heavy (non-hydrogen) atoms. The monoisotopic (exact) mass is 394 g/mol. The molecular formula is C13H13BrCl2N2O3. The summed E-state index contributed by atoms with van der Waals surface area (Å²) < 4.78 is 0.636. The van der Waals surface area contributed by atoms with Crippen LogP contribution in [0.2, 0.25) is 10.0 Å². The van der Waals surface area contributed by atoms with Gasteiger partial charge in [0.1, 0.15) is 0 Å². The van der Waals surface area contributed by atoms with Gasteiger partial charge in [-0.1, -0.05) is 23.2 Å². The molecule has 0 aromatic heterocycles. The number of nitrogens with one attached hydrogen (secondary N) is 1. The molecule has 1 fully saturated rings. The molecule has 2 amide bonds. The van der Waals surface area contributed by atoms with Gasteiger partial charge in [0, 0.05) is 17.1 Å². The fourth-order valence-electron chi connectivity index (χ4n) is 1.86. The molecule has 1 aliphatic carbocycles. The summed E-state index contributed by atoms with van der Waals surface area (Å²) >= 11 is 15.3. The molecule has 114 valence electrons. The first-order valence-corrected chi connectivity index (χ1v) is 7.88. The minimum absolute atomic E-state index is 0.0846. The lowest BCUT2D eigenvalue weighted by Gasteiger charge is -2.22. The van der Waals surface area contributed by atoms with E-state index in [1.54, 1.807) is 12.1 Å². The first-order valence-electron chi connectivity index (χ1n) is 6.33. The smallest absolute Gasteiger partial charge is 0.322 e. The first kappa shape index (κ1) is 16.4. The standard InChI is InChI=1S/C13H13BrCl2N2O3/c14-8-3-4-9(12(16)11(8)15)17-13(21)18(7-1-2-7)6-5-10(19)20/h3-4,7H,1-2,5-6H2,(H,17,21)(H,19,20). The Balaban J connectivity index is 2.08. The highest BCUT2D eigenvalue weighted by Crippen LogP contribution is 2.36. The van der Waals surface area contributed by atoms with Crippen LogP contribution < -0.4 is 5.32 Å². The molecule has 2 rings (SSSR count). The zero-order valence-corrected chi connectivity index (χ0v) is 14.0. The summed E-state index contributed by atoms with van der Waals surface area (Å²) in [6.45, 7) is 0.174. The summed E-state index contributed by atoms with van der Waals surface area (Å²) in [5.41, 5.74) is 0.399. The number of carbonyl (C=O) groups excluding carboxylic acids is 1. The van der Waals surface area contributed by atoms with Crippen molar-refractivity contribution in [3.8, 4) is 0 Å². The van der Waals surface area contributed by atoms with E-state index in [1.165, 1.54) is 4.90 Å². The van der Waals surface area contributed by atoms with E-state index in [4.69, 9.17) is 28.3 Å². The van der Waals surface area contributed by atoms with Gasteiger partial charge in [-0.25, -0.2) is 4.79 Å². The second-order valence-corrected chi connectivity index (χ2v) is 6.33. The van der Waals surface area contributed by atoms with E-state index in [9.17, 15) is 9.59 Å². The number of nitrogens with zero attached hydrogens (tertiary/aromatic N) is 1. The average molecular weight is 396 g/mol. The van der Waals surface area contributed by atoms with Crippen molar-refractivity contribution in [3.05, 3.63) is 26.7 Å². The van der Waals surface area contributed by atoms with Crippen LogP contribution in [0, 0.1) is 0 Å². The van der Waals surface area contributed by atoms with Crippen molar-refractivity contribution < 1.29 is 14.7 Å². The normalized spacial score (nSPS) is 13.9. The summed E-state index contributed by atoms with van der Waals surface area (Å²) in [6, 6.07) is 3.06. The molecule has 2 N–H and O–H groups in total. The maximum absolute atomic E-state index is 12.3. The molecule has 1 aliphatic rings. The summed E-state index contributed by atoms with van der Waals surface area (Å²) in [4.78, 5) is 24.5. The molecule has 0 saturated heterocycles. The topological polar surface area (TPSA) is 69.6 Å². The molecule has 0 heterocycles. The highest BCUT2D eigenvalue weighted by atomic mass is 79.9. The van der Waals surface area contributed by atoms with Crippen molar-refractivity contribution in [2.24, 2.45) is 0 Å². The van der Waals surface area contributed by atoms with Gasteiger partial charge in [-0.05, 0) is 40.9 Å². The highest BCUT2D eigenvalue weighted by molar-refractivity contribution is 9.10. The van der Waals surface area contributed by atoms with Crippen LogP contribution in [0.4, 0.5) is 10.5 Å². The quantitative estimate of drug-likeness (QED) is 0.733. The fourth-order valence-corrected chi connectivity index (χ4v) is 2.68. The van der Waals surface area contributed by atoms with Crippen LogP contribution in [-0.2, 0) is 4.79 Å². The van der Waals surface area contributed by atoms with Gasteiger partial charge in [-0.15, -0.1) is 0 Å². The largest absolute Gasteiger partial charge is 0.481 e. The van der Waals surface area contributed by atoms with Crippen LogP contribution >= 0.6 is 39.1 Å². The van der Waals surface area contributed by atoms with Crippen LogP contribution in [0.5, 0.6) is 0 Å². The Bertz CT molecular complexity index is 579. The third-order valence-corrected chi connectivity index (χ3v) is 4.86. The third-order valence-electron chi connectivity index (χ3n) is 3.09. The van der Waals surface area contributed by atoms with Gasteiger partial charge in [0.25, 0.3) is 0 Å². The number of amides is 2. The lowest BCUT2D eigenvalue weighted by molar-refractivity contribution is -0.137. The number of aliphatic carboxylic acids is 1. The van der Waals surface area contributed by atoms with Gasteiger partial charge in [0.05, 0.1) is 22.2 Å². The number of urea groups is 1. The zero-order chi connectivity index (χ0) is 15.6. The number of carboxylic acid groups (broad SMARTS) is 1. The Morgan fingerprint density at radius 2 is 2.00 bits per heavy atom. The van der Waals surface area contributed by atoms with E-state index in [0.717, 1.165) is 12.8 Å². The van der Waals surface area contributed by atoms with Gasteiger partial charge in [-0.2, -0.15) is 0 Å². The second kappa shape index (κ2) is 6.85. The lowest BCUT2D eigenvalue weighted by atomic mass is 10.3. The van der Waals surface area contributed by atoms with Crippen molar-refractivity contribution in [2.75, 3.05) is 11.9 Å². The maximum atomic E-state index is 12.3. The van der Waals surface area contributed by atoms with Crippen LogP contribution in [0.25, 0.3) is 0 Å². The Labute approximate surface area is 140 Å². The minimum Gasteiger partial charge on any atom is -0.481 e. The number of hydrogen-bond donors (Lipinski definition) is 2. The molecule has 1 aromatic rings. The minimum atomic E-state index is -0.932. The third kappa shape index (κ3) is 4.25. The molecule has 0 aliphatic heterocycles. The van der Waals surface area contributed by atoms with Crippen LogP contribution in [-0.4, -0.2) is 34.6 Å². The molecule has 1 aromatic carbocycles. The molecular weight excluding hydrogens is 383 g/mol. The molecule has 1 saturated carbocycles. The van der Waals surface area contributed by atoms with E-state index in [-0.39, 0.29) is 30.1 Å². The van der Waals surface area contributed by atoms with E-state index < -0.39 is 5.97 Å². The highest BCUT2D eigenvalue weighted by Gasteiger charge is 2.33. The zero-order valence-electron chi connectivity index (χ0n) is 10.9. The Hall–Kier alpha value is -0.980. The van der Waals surface area contributed by atoms with Crippen molar-refractivity contribution >= 4 is 56.8 Å². The number of anilines is 1. The van der Waals surface area contributed by atoms with Crippen molar-refractivity contribution in [1.29, 1.82) is 0 Å². The SMILES string of the molecule is O=C(O)CCN(C(=O)Nc1ccc(Br)c(Cl)c1Cl)C1CC1. The van der Waals surface area contributed by atoms with E-state index >= 15 is 0 Å². The van der Waals surface area contributed by atoms with Crippen LogP contribution in [0.15, 0.2) is 16.6 Å². The average Bonchev–Trinajstić information content (AvgIpc) is 3.24. The summed E-state index contributed by atoms with van der Waals surface area (Å²) in [5.74, 6) is -0.932. The number of rotatable bonds is 5. The van der Waals surface area contributed by atoms with Gasteiger partial charge in [0.15, 0.2) is 0 Å². The van der Waals surface area contributed by atoms with Gasteiger partial charge >= 0.3 is 12.0 Å². The summed E-state index contributed by atoms with van der Waals surface area (Å²) in [5, 5.41) is 12.0. The Kier molecular flexibility index (Phi) is 5.35. The number of benzene rings is 1. The molecule has 0 spiro atoms. The molecule has 5 nitrogen and oxygen atoms in total. The van der Waals surface area contributed by atoms with Crippen molar-refractivity contribution in [3.63, 3.8) is 0 Å². The van der Waals surface area contributed by atoms with Crippen molar-refractivity contribution in [1.82, 2.24) is 4.90 Å². The maximum Gasteiger partial charge on any atom is 0.322 e. The second-order valence-electron chi connectivity index (χ2n) is 4.72. The summed E-state index contributed by atoms with van der Waals surface area (Å²) in [6.07, 6.45) is 1.70. The molecule has 0 unspecified atom stereocenters. The predicted molar refractivity (Wildman–Crippen MR) is 85.2 cm³/mol. The van der Waals surface area contributed by atoms with E-state index in [2.05, 4.69) is 21.2 Å². The molecule has 0 atom stereocenters. The van der Waals surface area contributed by atoms with Gasteiger partial charge in [-0.3, -0.25) is 4.79 Å². The first-order chi connectivity index (χ1) is 9.90. The predicted octanol–water partition coefficient (Wildman–Crippen LogP) is 4.23. The molecule has 0 bridgehead atoms. The lowest BCUT2D eigenvalue weighted by Crippen LogP contribution is -2.38.